The normalized spacial score (nSPS) is 19.1. The third kappa shape index (κ3) is 3.83. The Labute approximate surface area is 165 Å². The van der Waals surface area contributed by atoms with Crippen molar-refractivity contribution in [3.63, 3.8) is 0 Å². The van der Waals surface area contributed by atoms with E-state index in [1.807, 2.05) is 0 Å². The van der Waals surface area contributed by atoms with Crippen molar-refractivity contribution in [1.29, 1.82) is 0 Å². The lowest BCUT2D eigenvalue weighted by atomic mass is 9.80. The van der Waals surface area contributed by atoms with Crippen LogP contribution >= 0.6 is 31.9 Å². The molecule has 3 heteroatoms. The van der Waals surface area contributed by atoms with Gasteiger partial charge < -0.3 is 5.32 Å². The van der Waals surface area contributed by atoms with Crippen LogP contribution in [0.15, 0.2) is 81.7 Å². The maximum absolute atomic E-state index is 3.75. The van der Waals surface area contributed by atoms with Gasteiger partial charge in [-0.3, -0.25) is 0 Å². The molecule has 1 heterocycles. The van der Waals surface area contributed by atoms with Gasteiger partial charge in [0.2, 0.25) is 0 Å². The highest BCUT2D eigenvalue weighted by molar-refractivity contribution is 9.10. The number of hydrogen-bond donors (Lipinski definition) is 1. The van der Waals surface area contributed by atoms with E-state index in [4.69, 9.17) is 0 Å². The van der Waals surface area contributed by atoms with Crippen LogP contribution in [-0.4, -0.2) is 6.04 Å². The van der Waals surface area contributed by atoms with Crippen molar-refractivity contribution in [2.75, 3.05) is 5.32 Å². The van der Waals surface area contributed by atoms with Crippen LogP contribution in [-0.2, 0) is 6.42 Å². The van der Waals surface area contributed by atoms with Gasteiger partial charge in [0.1, 0.15) is 0 Å². The van der Waals surface area contributed by atoms with Crippen molar-refractivity contribution in [3.8, 4) is 0 Å². The van der Waals surface area contributed by atoms with Gasteiger partial charge in [0.25, 0.3) is 0 Å². The molecule has 3 aromatic rings. The van der Waals surface area contributed by atoms with Gasteiger partial charge >= 0.3 is 0 Å². The molecule has 2 atom stereocenters. The second-order valence-corrected chi connectivity index (χ2v) is 8.44. The van der Waals surface area contributed by atoms with Gasteiger partial charge in [0.15, 0.2) is 0 Å². The van der Waals surface area contributed by atoms with E-state index in [1.54, 1.807) is 0 Å². The molecule has 0 spiro atoms. The molecule has 0 radical (unpaired) electrons. The zero-order valence-electron chi connectivity index (χ0n) is 13.8. The predicted octanol–water partition coefficient (Wildman–Crippen LogP) is 6.77. The Bertz CT molecular complexity index is 876. The lowest BCUT2D eigenvalue weighted by Gasteiger charge is -2.34. The van der Waals surface area contributed by atoms with Crippen LogP contribution < -0.4 is 5.32 Å². The SMILES string of the molecule is Brc1cccc([C@@H]2C[C@H](Cc3ccccc3)Nc3ccc(Br)cc32)c1. The second-order valence-electron chi connectivity index (χ2n) is 6.61. The van der Waals surface area contributed by atoms with E-state index in [-0.39, 0.29) is 0 Å². The molecule has 1 nitrogen and oxygen atoms in total. The van der Waals surface area contributed by atoms with Crippen molar-refractivity contribution in [3.05, 3.63) is 98.4 Å². The van der Waals surface area contributed by atoms with Crippen LogP contribution in [0.1, 0.15) is 29.0 Å². The summed E-state index contributed by atoms with van der Waals surface area (Å²) in [5.41, 5.74) is 5.37. The van der Waals surface area contributed by atoms with E-state index >= 15 is 0 Å². The Balaban J connectivity index is 1.70. The fourth-order valence-electron chi connectivity index (χ4n) is 3.72. The highest BCUT2D eigenvalue weighted by Gasteiger charge is 2.28. The monoisotopic (exact) mass is 455 g/mol. The number of nitrogens with one attached hydrogen (secondary N) is 1. The van der Waals surface area contributed by atoms with Crippen LogP contribution in [0.3, 0.4) is 0 Å². The van der Waals surface area contributed by atoms with Crippen molar-refractivity contribution >= 4 is 37.5 Å². The number of hydrogen-bond acceptors (Lipinski definition) is 1. The summed E-state index contributed by atoms with van der Waals surface area (Å²) in [4.78, 5) is 0. The van der Waals surface area contributed by atoms with E-state index in [9.17, 15) is 0 Å². The molecule has 0 amide bonds. The van der Waals surface area contributed by atoms with Gasteiger partial charge in [-0.05, 0) is 59.9 Å². The molecule has 0 aromatic heterocycles. The van der Waals surface area contributed by atoms with Crippen LogP contribution in [0.5, 0.6) is 0 Å². The lowest BCUT2D eigenvalue weighted by molar-refractivity contribution is 0.576. The fourth-order valence-corrected chi connectivity index (χ4v) is 4.51. The van der Waals surface area contributed by atoms with E-state index in [1.165, 1.54) is 22.4 Å². The number of fused-ring (bicyclic) bond motifs is 1. The standard InChI is InChI=1S/C22H19Br2N/c23-17-8-4-7-16(12-17)20-14-19(11-15-5-2-1-3-6-15)25-22-10-9-18(24)13-21(20)22/h1-10,12-13,19-20,25H,11,14H2/t19-,20-/m0/s1. The third-order valence-corrected chi connectivity index (χ3v) is 5.83. The molecule has 25 heavy (non-hydrogen) atoms. The molecule has 0 aliphatic carbocycles. The highest BCUT2D eigenvalue weighted by Crippen LogP contribution is 2.41. The summed E-state index contributed by atoms with van der Waals surface area (Å²) in [5.74, 6) is 0.403. The molecule has 0 unspecified atom stereocenters. The molecular weight excluding hydrogens is 438 g/mol. The van der Waals surface area contributed by atoms with Crippen molar-refractivity contribution in [2.45, 2.75) is 24.8 Å². The Morgan fingerprint density at radius 2 is 1.64 bits per heavy atom. The second kappa shape index (κ2) is 7.35. The molecule has 4 rings (SSSR count). The van der Waals surface area contributed by atoms with E-state index in [2.05, 4.69) is 110 Å². The molecule has 126 valence electrons. The van der Waals surface area contributed by atoms with Gasteiger partial charge in [-0.1, -0.05) is 74.3 Å². The zero-order chi connectivity index (χ0) is 17.2. The average molecular weight is 457 g/mol. The van der Waals surface area contributed by atoms with Gasteiger partial charge in [-0.2, -0.15) is 0 Å². The van der Waals surface area contributed by atoms with Crippen molar-refractivity contribution in [2.24, 2.45) is 0 Å². The first-order valence-electron chi connectivity index (χ1n) is 8.54. The Morgan fingerprint density at radius 3 is 2.44 bits per heavy atom. The summed E-state index contributed by atoms with van der Waals surface area (Å²) in [7, 11) is 0. The Kier molecular flexibility index (Phi) is 4.96. The first-order chi connectivity index (χ1) is 12.2. The number of benzene rings is 3. The van der Waals surface area contributed by atoms with E-state index in [0.717, 1.165) is 21.8 Å². The van der Waals surface area contributed by atoms with E-state index < -0.39 is 0 Å². The molecule has 0 saturated heterocycles. The van der Waals surface area contributed by atoms with Crippen LogP contribution in [0.4, 0.5) is 5.69 Å². The minimum atomic E-state index is 0.403. The quantitative estimate of drug-likeness (QED) is 0.458. The molecule has 3 aromatic carbocycles. The smallest absolute Gasteiger partial charge is 0.0382 e. The summed E-state index contributed by atoms with van der Waals surface area (Å²) < 4.78 is 2.27. The van der Waals surface area contributed by atoms with Crippen LogP contribution in [0, 0.1) is 0 Å². The Morgan fingerprint density at radius 1 is 0.840 bits per heavy atom. The maximum Gasteiger partial charge on any atom is 0.0382 e. The van der Waals surface area contributed by atoms with Gasteiger partial charge in [-0.25, -0.2) is 0 Å². The third-order valence-electron chi connectivity index (χ3n) is 4.84. The summed E-state index contributed by atoms with van der Waals surface area (Å²) in [5, 5.41) is 3.75. The predicted molar refractivity (Wildman–Crippen MR) is 112 cm³/mol. The van der Waals surface area contributed by atoms with E-state index in [0.29, 0.717) is 12.0 Å². The first kappa shape index (κ1) is 16.9. The first-order valence-corrected chi connectivity index (χ1v) is 10.1. The zero-order valence-corrected chi connectivity index (χ0v) is 16.9. The summed E-state index contributed by atoms with van der Waals surface area (Å²) in [6.45, 7) is 0. The van der Waals surface area contributed by atoms with Gasteiger partial charge in [0, 0.05) is 26.6 Å². The summed E-state index contributed by atoms with van der Waals surface area (Å²) in [6, 6.07) is 26.5. The van der Waals surface area contributed by atoms with Crippen LogP contribution in [0.2, 0.25) is 0 Å². The number of rotatable bonds is 3. The largest absolute Gasteiger partial charge is 0.382 e. The van der Waals surface area contributed by atoms with Crippen molar-refractivity contribution < 1.29 is 0 Å². The lowest BCUT2D eigenvalue weighted by Crippen LogP contribution is -2.30. The van der Waals surface area contributed by atoms with Crippen molar-refractivity contribution in [1.82, 2.24) is 0 Å². The fraction of sp³-hybridized carbons (Fsp3) is 0.182. The van der Waals surface area contributed by atoms with Crippen LogP contribution in [0.25, 0.3) is 0 Å². The number of halogens is 2. The molecule has 1 aliphatic rings. The average Bonchev–Trinajstić information content (AvgIpc) is 2.62. The summed E-state index contributed by atoms with van der Waals surface area (Å²) in [6.07, 6.45) is 2.13. The number of anilines is 1. The maximum atomic E-state index is 3.75. The Hall–Kier alpha value is -1.58. The molecular formula is C22H19Br2N. The highest BCUT2D eigenvalue weighted by atomic mass is 79.9. The van der Waals surface area contributed by atoms with Gasteiger partial charge in [-0.15, -0.1) is 0 Å². The molecule has 0 saturated carbocycles. The molecule has 0 fully saturated rings. The summed E-state index contributed by atoms with van der Waals surface area (Å²) >= 11 is 7.26. The van der Waals surface area contributed by atoms with Gasteiger partial charge in [0.05, 0.1) is 0 Å². The topological polar surface area (TPSA) is 12.0 Å². The molecule has 1 aliphatic heterocycles. The molecule has 1 N–H and O–H groups in total. The minimum Gasteiger partial charge on any atom is -0.382 e. The molecule has 0 bridgehead atoms. The minimum absolute atomic E-state index is 0.403.